The Bertz CT molecular complexity index is 650. The number of likely N-dealkylation sites (N-methyl/N-ethyl adjacent to an activating group) is 1. The predicted molar refractivity (Wildman–Crippen MR) is 99.8 cm³/mol. The second kappa shape index (κ2) is 10.0. The van der Waals surface area contributed by atoms with Crippen LogP contribution < -0.4 is 10.6 Å². The van der Waals surface area contributed by atoms with E-state index in [1.54, 1.807) is 24.5 Å². The quantitative estimate of drug-likeness (QED) is 0.678. The van der Waals surface area contributed by atoms with Gasteiger partial charge in [-0.3, -0.25) is 19.4 Å². The number of amides is 3. The highest BCUT2D eigenvalue weighted by Crippen LogP contribution is 2.19. The monoisotopic (exact) mass is 376 g/mol. The Balaban J connectivity index is 1.98. The third-order valence-corrected chi connectivity index (χ3v) is 4.29. The van der Waals surface area contributed by atoms with Gasteiger partial charge < -0.3 is 20.3 Å². The Hall–Kier alpha value is -2.48. The van der Waals surface area contributed by atoms with Gasteiger partial charge in [0.15, 0.2) is 0 Å². The number of carbonyl (C=O) groups is 3. The fraction of sp³-hybridized carbons (Fsp3) is 0.579. The minimum absolute atomic E-state index is 0.0738. The Morgan fingerprint density at radius 3 is 2.63 bits per heavy atom. The third kappa shape index (κ3) is 6.32. The van der Waals surface area contributed by atoms with Gasteiger partial charge in [0.1, 0.15) is 12.6 Å². The van der Waals surface area contributed by atoms with Crippen molar-refractivity contribution in [2.24, 2.45) is 0 Å². The second-order valence-electron chi connectivity index (χ2n) is 6.85. The first-order valence-electron chi connectivity index (χ1n) is 9.27. The van der Waals surface area contributed by atoms with E-state index in [0.717, 1.165) is 5.56 Å². The molecule has 1 aliphatic rings. The molecule has 148 valence electrons. The number of hydrogen-bond acceptors (Lipinski definition) is 5. The van der Waals surface area contributed by atoms with Crippen molar-refractivity contribution >= 4 is 17.7 Å². The van der Waals surface area contributed by atoms with Gasteiger partial charge in [0, 0.05) is 31.5 Å². The highest BCUT2D eigenvalue weighted by molar-refractivity contribution is 5.89. The molecule has 0 aromatic carbocycles. The molecule has 8 nitrogen and oxygen atoms in total. The number of ether oxygens (including phenoxy) is 1. The van der Waals surface area contributed by atoms with E-state index >= 15 is 0 Å². The molecule has 1 saturated heterocycles. The van der Waals surface area contributed by atoms with Gasteiger partial charge in [0.05, 0.1) is 12.5 Å². The molecule has 1 fully saturated rings. The SMILES string of the molecule is CCNC(=O)[C@@H]1C[C@H](NC(=O)Cc2ccncc2)CN1C(=O)COC(C)C. The molecule has 1 aliphatic heterocycles. The second-order valence-corrected chi connectivity index (χ2v) is 6.85. The molecule has 0 bridgehead atoms. The zero-order valence-electron chi connectivity index (χ0n) is 16.1. The van der Waals surface area contributed by atoms with Crippen LogP contribution in [0.25, 0.3) is 0 Å². The highest BCUT2D eigenvalue weighted by Gasteiger charge is 2.39. The lowest BCUT2D eigenvalue weighted by Gasteiger charge is -2.24. The first-order valence-corrected chi connectivity index (χ1v) is 9.27. The summed E-state index contributed by atoms with van der Waals surface area (Å²) in [5.41, 5.74) is 0.860. The Morgan fingerprint density at radius 2 is 2.00 bits per heavy atom. The maximum absolute atomic E-state index is 12.5. The summed E-state index contributed by atoms with van der Waals surface area (Å²) >= 11 is 0. The maximum Gasteiger partial charge on any atom is 0.249 e. The molecule has 1 aromatic rings. The van der Waals surface area contributed by atoms with Crippen molar-refractivity contribution in [1.82, 2.24) is 20.5 Å². The Labute approximate surface area is 159 Å². The molecule has 0 aliphatic carbocycles. The van der Waals surface area contributed by atoms with E-state index in [9.17, 15) is 14.4 Å². The molecule has 1 aromatic heterocycles. The highest BCUT2D eigenvalue weighted by atomic mass is 16.5. The van der Waals surface area contributed by atoms with Gasteiger partial charge in [-0.25, -0.2) is 0 Å². The van der Waals surface area contributed by atoms with Gasteiger partial charge in [0.2, 0.25) is 17.7 Å². The molecule has 2 N–H and O–H groups in total. The van der Waals surface area contributed by atoms with E-state index in [2.05, 4.69) is 15.6 Å². The maximum atomic E-state index is 12.5. The van der Waals surface area contributed by atoms with Crippen LogP contribution in [0, 0.1) is 0 Å². The third-order valence-electron chi connectivity index (χ3n) is 4.29. The molecule has 0 saturated carbocycles. The van der Waals surface area contributed by atoms with Crippen LogP contribution in [-0.2, 0) is 25.5 Å². The van der Waals surface area contributed by atoms with E-state index in [4.69, 9.17) is 4.74 Å². The van der Waals surface area contributed by atoms with Crippen LogP contribution in [0.3, 0.4) is 0 Å². The molecule has 8 heteroatoms. The largest absolute Gasteiger partial charge is 0.369 e. The lowest BCUT2D eigenvalue weighted by molar-refractivity contribution is -0.143. The van der Waals surface area contributed by atoms with Gasteiger partial charge in [-0.2, -0.15) is 0 Å². The van der Waals surface area contributed by atoms with Crippen molar-refractivity contribution in [3.8, 4) is 0 Å². The first-order chi connectivity index (χ1) is 12.9. The minimum atomic E-state index is -0.598. The summed E-state index contributed by atoms with van der Waals surface area (Å²) in [5.74, 6) is -0.597. The van der Waals surface area contributed by atoms with Crippen LogP contribution in [0.15, 0.2) is 24.5 Å². The lowest BCUT2D eigenvalue weighted by atomic mass is 10.1. The number of nitrogens with zero attached hydrogens (tertiary/aromatic N) is 2. The Morgan fingerprint density at radius 1 is 1.30 bits per heavy atom. The van der Waals surface area contributed by atoms with Gasteiger partial charge in [-0.15, -0.1) is 0 Å². The number of nitrogens with one attached hydrogen (secondary N) is 2. The van der Waals surface area contributed by atoms with Crippen molar-refractivity contribution < 1.29 is 19.1 Å². The standard InChI is InChI=1S/C19H28N4O4/c1-4-21-19(26)16-10-15(11-23(16)18(25)12-27-13(2)3)22-17(24)9-14-5-7-20-8-6-14/h5-8,13,15-16H,4,9-12H2,1-3H3,(H,21,26)(H,22,24)/t15-,16-/m0/s1. The van der Waals surface area contributed by atoms with Crippen LogP contribution in [0.5, 0.6) is 0 Å². The summed E-state index contributed by atoms with van der Waals surface area (Å²) in [7, 11) is 0. The molecular formula is C19H28N4O4. The summed E-state index contributed by atoms with van der Waals surface area (Å²) in [6.45, 7) is 6.23. The smallest absolute Gasteiger partial charge is 0.249 e. The fourth-order valence-electron chi connectivity index (χ4n) is 3.04. The molecule has 0 unspecified atom stereocenters. The summed E-state index contributed by atoms with van der Waals surface area (Å²) in [6, 6.07) is 2.70. The predicted octanol–water partition coefficient (Wildman–Crippen LogP) is 0.271. The average molecular weight is 376 g/mol. The van der Waals surface area contributed by atoms with Crippen LogP contribution in [0.1, 0.15) is 32.8 Å². The van der Waals surface area contributed by atoms with Crippen molar-refractivity contribution in [2.75, 3.05) is 19.7 Å². The number of rotatable bonds is 8. The van der Waals surface area contributed by atoms with Crippen molar-refractivity contribution in [3.05, 3.63) is 30.1 Å². The van der Waals surface area contributed by atoms with Gasteiger partial charge >= 0.3 is 0 Å². The van der Waals surface area contributed by atoms with Crippen LogP contribution >= 0.6 is 0 Å². The van der Waals surface area contributed by atoms with Crippen LogP contribution in [0.2, 0.25) is 0 Å². The van der Waals surface area contributed by atoms with Crippen molar-refractivity contribution in [3.63, 3.8) is 0 Å². The Kier molecular flexibility index (Phi) is 7.72. The number of pyridine rings is 1. The van der Waals surface area contributed by atoms with E-state index in [0.29, 0.717) is 19.5 Å². The molecule has 0 radical (unpaired) electrons. The zero-order valence-corrected chi connectivity index (χ0v) is 16.1. The first kappa shape index (κ1) is 20.8. The molecule has 2 rings (SSSR count). The summed E-state index contributed by atoms with van der Waals surface area (Å²) in [4.78, 5) is 42.6. The van der Waals surface area contributed by atoms with Crippen molar-refractivity contribution in [1.29, 1.82) is 0 Å². The number of hydrogen-bond donors (Lipinski definition) is 2. The van der Waals surface area contributed by atoms with E-state index in [-0.39, 0.29) is 42.9 Å². The van der Waals surface area contributed by atoms with Crippen molar-refractivity contribution in [2.45, 2.75) is 51.8 Å². The van der Waals surface area contributed by atoms with Gasteiger partial charge in [0.25, 0.3) is 0 Å². The van der Waals surface area contributed by atoms with E-state index < -0.39 is 6.04 Å². The van der Waals surface area contributed by atoms with Gasteiger partial charge in [-0.05, 0) is 44.9 Å². The normalized spacial score (nSPS) is 19.2. The summed E-state index contributed by atoms with van der Waals surface area (Å²) < 4.78 is 5.38. The molecule has 2 atom stereocenters. The number of carbonyl (C=O) groups excluding carboxylic acids is 3. The summed E-state index contributed by atoms with van der Waals surface area (Å²) in [5, 5.41) is 5.69. The van der Waals surface area contributed by atoms with E-state index in [1.165, 1.54) is 4.90 Å². The lowest BCUT2D eigenvalue weighted by Crippen LogP contribution is -2.47. The minimum Gasteiger partial charge on any atom is -0.369 e. The molecular weight excluding hydrogens is 348 g/mol. The molecule has 0 spiro atoms. The van der Waals surface area contributed by atoms with Crippen LogP contribution in [-0.4, -0.2) is 65.5 Å². The average Bonchev–Trinajstić information content (AvgIpc) is 3.04. The molecule has 27 heavy (non-hydrogen) atoms. The fourth-order valence-corrected chi connectivity index (χ4v) is 3.04. The molecule has 3 amide bonds. The topological polar surface area (TPSA) is 101 Å². The van der Waals surface area contributed by atoms with Gasteiger partial charge in [-0.1, -0.05) is 0 Å². The number of likely N-dealkylation sites (tertiary alicyclic amines) is 1. The summed E-state index contributed by atoms with van der Waals surface area (Å²) in [6.07, 6.45) is 3.82. The number of aromatic nitrogens is 1. The van der Waals surface area contributed by atoms with E-state index in [1.807, 2.05) is 20.8 Å². The molecule has 2 heterocycles. The van der Waals surface area contributed by atoms with Crippen LogP contribution in [0.4, 0.5) is 0 Å². The zero-order chi connectivity index (χ0) is 19.8.